The van der Waals surface area contributed by atoms with Gasteiger partial charge >= 0.3 is 0 Å². The molecule has 11 heavy (non-hydrogen) atoms. The van der Waals surface area contributed by atoms with Crippen molar-refractivity contribution in [2.24, 2.45) is 0 Å². The second-order valence-electron chi connectivity index (χ2n) is 2.46. The van der Waals surface area contributed by atoms with Crippen LogP contribution in [0.2, 0.25) is 0 Å². The first-order valence-corrected chi connectivity index (χ1v) is 5.06. The fourth-order valence-corrected chi connectivity index (χ4v) is 1.19. The van der Waals surface area contributed by atoms with Crippen molar-refractivity contribution in [3.05, 3.63) is 0 Å². The van der Waals surface area contributed by atoms with Crippen molar-refractivity contribution in [1.82, 2.24) is 0 Å². The molecule has 68 valence electrons. The zero-order chi connectivity index (χ0) is 8.69. The van der Waals surface area contributed by atoms with Crippen molar-refractivity contribution < 1.29 is 5.11 Å². The summed E-state index contributed by atoms with van der Waals surface area (Å²) in [6.07, 6.45) is 2.60. The van der Waals surface area contributed by atoms with Crippen LogP contribution in [0.15, 0.2) is 0 Å². The molecule has 0 heterocycles. The topological polar surface area (TPSA) is 20.2 Å². The quantitative estimate of drug-likeness (QED) is 0.681. The SMILES string of the molecule is OC[C@H](Cl)CCC[C@H](Cl)CCl. The van der Waals surface area contributed by atoms with Gasteiger partial charge in [-0.1, -0.05) is 6.42 Å². The predicted octanol–water partition coefficient (Wildman–Crippen LogP) is 2.60. The first kappa shape index (κ1) is 11.8. The van der Waals surface area contributed by atoms with E-state index in [2.05, 4.69) is 0 Å². The number of halogens is 3. The Morgan fingerprint density at radius 3 is 2.09 bits per heavy atom. The van der Waals surface area contributed by atoms with Gasteiger partial charge in [0.05, 0.1) is 12.0 Å². The molecule has 0 aromatic carbocycles. The minimum Gasteiger partial charge on any atom is -0.395 e. The van der Waals surface area contributed by atoms with Crippen LogP contribution in [-0.4, -0.2) is 28.3 Å². The van der Waals surface area contributed by atoms with E-state index in [9.17, 15) is 0 Å². The Bertz CT molecular complexity index is 79.8. The van der Waals surface area contributed by atoms with Gasteiger partial charge in [-0.15, -0.1) is 34.8 Å². The summed E-state index contributed by atoms with van der Waals surface area (Å²) in [5.41, 5.74) is 0. The lowest BCUT2D eigenvalue weighted by atomic mass is 10.1. The number of hydrogen-bond donors (Lipinski definition) is 1. The molecule has 1 nitrogen and oxygen atoms in total. The molecule has 0 aliphatic rings. The molecular weight excluding hydrogens is 206 g/mol. The monoisotopic (exact) mass is 218 g/mol. The van der Waals surface area contributed by atoms with E-state index in [0.717, 1.165) is 19.3 Å². The van der Waals surface area contributed by atoms with Crippen LogP contribution in [-0.2, 0) is 0 Å². The third kappa shape index (κ3) is 7.20. The van der Waals surface area contributed by atoms with Crippen LogP contribution in [0.3, 0.4) is 0 Å². The summed E-state index contributed by atoms with van der Waals surface area (Å²) >= 11 is 16.9. The summed E-state index contributed by atoms with van der Waals surface area (Å²) in [6, 6.07) is 0. The standard InChI is InChI=1S/C7H13Cl3O/c8-4-6(9)2-1-3-7(10)5-11/h6-7,11H,1-5H2/t6-,7+/m0/s1. The second kappa shape index (κ2) is 7.48. The average Bonchev–Trinajstić information content (AvgIpc) is 2.04. The number of alkyl halides is 3. The molecule has 0 rings (SSSR count). The predicted molar refractivity (Wildman–Crippen MR) is 50.9 cm³/mol. The fraction of sp³-hybridized carbons (Fsp3) is 1.00. The molecule has 0 unspecified atom stereocenters. The Hall–Kier alpha value is 0.830. The summed E-state index contributed by atoms with van der Waals surface area (Å²) < 4.78 is 0. The van der Waals surface area contributed by atoms with E-state index in [1.165, 1.54) is 0 Å². The van der Waals surface area contributed by atoms with Crippen LogP contribution in [0.5, 0.6) is 0 Å². The van der Waals surface area contributed by atoms with Gasteiger partial charge in [-0.3, -0.25) is 0 Å². The molecule has 0 aromatic rings. The minimum atomic E-state index is -0.130. The molecular formula is C7H13Cl3O. The molecule has 0 fully saturated rings. The van der Waals surface area contributed by atoms with Crippen molar-refractivity contribution in [2.75, 3.05) is 12.5 Å². The molecule has 0 saturated heterocycles. The number of aliphatic hydroxyl groups excluding tert-OH is 1. The molecule has 0 amide bonds. The van der Waals surface area contributed by atoms with Crippen molar-refractivity contribution in [1.29, 1.82) is 0 Å². The van der Waals surface area contributed by atoms with Gasteiger partial charge in [0.1, 0.15) is 0 Å². The highest BCUT2D eigenvalue weighted by Gasteiger charge is 2.05. The summed E-state index contributed by atoms with van der Waals surface area (Å²) in [4.78, 5) is 0. The number of hydrogen-bond acceptors (Lipinski definition) is 1. The minimum absolute atomic E-state index is 0.0371. The lowest BCUT2D eigenvalue weighted by molar-refractivity contribution is 0.286. The highest BCUT2D eigenvalue weighted by molar-refractivity contribution is 6.28. The average molecular weight is 220 g/mol. The molecule has 0 aliphatic carbocycles. The van der Waals surface area contributed by atoms with Crippen LogP contribution < -0.4 is 0 Å². The molecule has 2 atom stereocenters. The maximum Gasteiger partial charge on any atom is 0.0595 e. The van der Waals surface area contributed by atoms with E-state index < -0.39 is 0 Å². The molecule has 0 spiro atoms. The van der Waals surface area contributed by atoms with Crippen LogP contribution in [0.25, 0.3) is 0 Å². The van der Waals surface area contributed by atoms with E-state index in [0.29, 0.717) is 5.88 Å². The molecule has 1 N–H and O–H groups in total. The molecule has 0 bridgehead atoms. The maximum atomic E-state index is 8.57. The molecule has 0 aromatic heterocycles. The van der Waals surface area contributed by atoms with E-state index in [4.69, 9.17) is 39.9 Å². The summed E-state index contributed by atoms with van der Waals surface area (Å²) in [5.74, 6) is 0.480. The first-order chi connectivity index (χ1) is 5.20. The van der Waals surface area contributed by atoms with Crippen LogP contribution in [0.4, 0.5) is 0 Å². The molecule has 0 saturated carbocycles. The molecule has 4 heteroatoms. The van der Waals surface area contributed by atoms with Crippen molar-refractivity contribution in [3.8, 4) is 0 Å². The zero-order valence-electron chi connectivity index (χ0n) is 6.27. The lowest BCUT2D eigenvalue weighted by Gasteiger charge is -2.07. The van der Waals surface area contributed by atoms with E-state index in [1.807, 2.05) is 0 Å². The Morgan fingerprint density at radius 2 is 1.64 bits per heavy atom. The molecule has 0 aliphatic heterocycles. The van der Waals surface area contributed by atoms with Crippen molar-refractivity contribution >= 4 is 34.8 Å². The van der Waals surface area contributed by atoms with Gasteiger partial charge in [-0.05, 0) is 12.8 Å². The Balaban J connectivity index is 3.13. The third-order valence-electron chi connectivity index (χ3n) is 1.40. The smallest absolute Gasteiger partial charge is 0.0595 e. The highest BCUT2D eigenvalue weighted by Crippen LogP contribution is 2.12. The van der Waals surface area contributed by atoms with Crippen LogP contribution in [0, 0.1) is 0 Å². The molecule has 0 radical (unpaired) electrons. The Kier molecular flexibility index (Phi) is 8.04. The Labute approximate surface area is 82.6 Å². The normalized spacial score (nSPS) is 16.4. The van der Waals surface area contributed by atoms with Gasteiger partial charge in [-0.2, -0.15) is 0 Å². The largest absolute Gasteiger partial charge is 0.395 e. The zero-order valence-corrected chi connectivity index (χ0v) is 8.54. The highest BCUT2D eigenvalue weighted by atomic mass is 35.5. The van der Waals surface area contributed by atoms with E-state index in [1.54, 1.807) is 0 Å². The lowest BCUT2D eigenvalue weighted by Crippen LogP contribution is -2.06. The van der Waals surface area contributed by atoms with E-state index >= 15 is 0 Å². The van der Waals surface area contributed by atoms with Gasteiger partial charge in [0, 0.05) is 11.3 Å². The fourth-order valence-electron chi connectivity index (χ4n) is 0.729. The van der Waals surface area contributed by atoms with Gasteiger partial charge in [0.15, 0.2) is 0 Å². The second-order valence-corrected chi connectivity index (χ2v) is 4.01. The number of aliphatic hydroxyl groups is 1. The van der Waals surface area contributed by atoms with Crippen LogP contribution in [0.1, 0.15) is 19.3 Å². The third-order valence-corrected chi connectivity index (χ3v) is 2.66. The van der Waals surface area contributed by atoms with Gasteiger partial charge < -0.3 is 5.11 Å². The van der Waals surface area contributed by atoms with Gasteiger partial charge in [-0.25, -0.2) is 0 Å². The van der Waals surface area contributed by atoms with Crippen molar-refractivity contribution in [2.45, 2.75) is 30.0 Å². The van der Waals surface area contributed by atoms with Gasteiger partial charge in [0.2, 0.25) is 0 Å². The summed E-state index contributed by atoms with van der Waals surface area (Å²) in [6.45, 7) is 0.0371. The summed E-state index contributed by atoms with van der Waals surface area (Å²) in [7, 11) is 0. The van der Waals surface area contributed by atoms with Gasteiger partial charge in [0.25, 0.3) is 0 Å². The number of rotatable bonds is 6. The summed E-state index contributed by atoms with van der Waals surface area (Å²) in [5, 5.41) is 8.48. The maximum absolute atomic E-state index is 8.57. The Morgan fingerprint density at radius 1 is 1.09 bits per heavy atom. The van der Waals surface area contributed by atoms with Crippen LogP contribution >= 0.6 is 34.8 Å². The van der Waals surface area contributed by atoms with Crippen molar-refractivity contribution in [3.63, 3.8) is 0 Å². The first-order valence-electron chi connectivity index (χ1n) is 3.65. The van der Waals surface area contributed by atoms with E-state index in [-0.39, 0.29) is 17.4 Å².